The number of carbonyl (C=O) groups excluding carboxylic acids is 1. The maximum atomic E-state index is 12.2. The average Bonchev–Trinajstić information content (AvgIpc) is 3.42. The van der Waals surface area contributed by atoms with Gasteiger partial charge >= 0.3 is 29.6 Å². The number of nitrogens with one attached hydrogen (secondary N) is 2. The Morgan fingerprint density at radius 3 is 2.45 bits per heavy atom. The quantitative estimate of drug-likeness (QED) is 0.0988. The van der Waals surface area contributed by atoms with Crippen LogP contribution in [0.2, 0.25) is 0 Å². The van der Waals surface area contributed by atoms with E-state index >= 15 is 0 Å². The van der Waals surface area contributed by atoms with Crippen molar-refractivity contribution >= 4 is 27.7 Å². The Hall–Kier alpha value is -1.46. The Labute approximate surface area is 324 Å². The van der Waals surface area contributed by atoms with Crippen molar-refractivity contribution in [2.45, 2.75) is 116 Å². The van der Waals surface area contributed by atoms with E-state index in [-0.39, 0.29) is 106 Å². The number of rotatable bonds is 8. The van der Waals surface area contributed by atoms with Crippen LogP contribution in [0.25, 0.3) is 0 Å². The summed E-state index contributed by atoms with van der Waals surface area (Å²) in [6, 6.07) is 1.60. The minimum Gasteiger partial charge on any atom is -0.748 e. The van der Waals surface area contributed by atoms with Crippen molar-refractivity contribution in [3.63, 3.8) is 0 Å². The van der Waals surface area contributed by atoms with E-state index < -0.39 is 28.1 Å². The second kappa shape index (κ2) is 16.9. The molecule has 8 N–H and O–H groups in total. The van der Waals surface area contributed by atoms with Crippen molar-refractivity contribution in [2.75, 3.05) is 36.0 Å². The van der Waals surface area contributed by atoms with Crippen molar-refractivity contribution in [2.24, 2.45) is 46.3 Å². The summed E-state index contributed by atoms with van der Waals surface area (Å²) >= 11 is 0. The van der Waals surface area contributed by atoms with E-state index in [0.29, 0.717) is 29.3 Å². The summed E-state index contributed by atoms with van der Waals surface area (Å²) in [7, 11) is -4.35. The molecule has 0 bridgehead atoms. The van der Waals surface area contributed by atoms with E-state index in [2.05, 4.69) is 36.0 Å². The molecule has 14 nitrogen and oxygen atoms in total. The Morgan fingerprint density at radius 1 is 1.12 bits per heavy atom. The maximum absolute atomic E-state index is 12.2. The second-order valence-electron chi connectivity index (χ2n) is 16.4. The fraction of sp³-hybridized carbons (Fsp3) is 0.857. The molecule has 4 aliphatic carbocycles. The van der Waals surface area contributed by atoms with Crippen LogP contribution in [0.5, 0.6) is 0 Å². The summed E-state index contributed by atoms with van der Waals surface area (Å²) in [5.74, 6) is 1.35. The predicted molar refractivity (Wildman–Crippen MR) is 186 cm³/mol. The molecular weight excluding hydrogens is 687 g/mol. The van der Waals surface area contributed by atoms with Crippen molar-refractivity contribution in [3.8, 4) is 0 Å². The number of hydrogen-bond acceptors (Lipinski definition) is 12. The van der Waals surface area contributed by atoms with Crippen LogP contribution < -0.4 is 51.1 Å². The molecule has 4 saturated carbocycles. The van der Waals surface area contributed by atoms with E-state index in [9.17, 15) is 38.3 Å². The van der Waals surface area contributed by atoms with Crippen LogP contribution in [0.3, 0.4) is 0 Å². The summed E-state index contributed by atoms with van der Waals surface area (Å²) in [4.78, 5) is 18.3. The average molecular weight is 747 g/mol. The molecule has 5 fully saturated rings. The third-order valence-electron chi connectivity index (χ3n) is 13.6. The number of aromatic nitrogens is 2. The number of nitrogen functional groups attached to an aromatic ring is 1. The predicted octanol–water partition coefficient (Wildman–Crippen LogP) is -0.798. The molecule has 51 heavy (non-hydrogen) atoms. The van der Waals surface area contributed by atoms with Crippen LogP contribution in [-0.4, -0.2) is 92.8 Å². The molecule has 6 rings (SSSR count). The Kier molecular flexibility index (Phi) is 14.0. The Bertz CT molecular complexity index is 1530. The molecule has 5 aliphatic rings. The number of fused-ring (bicyclic) bond motifs is 5. The zero-order valence-electron chi connectivity index (χ0n) is 30.8. The molecule has 1 aromatic rings. The van der Waals surface area contributed by atoms with E-state index in [1.807, 2.05) is 0 Å². The van der Waals surface area contributed by atoms with Crippen LogP contribution >= 0.6 is 0 Å². The van der Waals surface area contributed by atoms with Gasteiger partial charge in [-0.25, -0.2) is 8.42 Å². The number of nitrogens with two attached hydrogens (primary N) is 1. The van der Waals surface area contributed by atoms with Gasteiger partial charge in [-0.05, 0) is 117 Å². The van der Waals surface area contributed by atoms with Crippen LogP contribution in [0.1, 0.15) is 97.8 Å². The van der Waals surface area contributed by atoms with Gasteiger partial charge in [-0.3, -0.25) is 10.2 Å². The van der Waals surface area contributed by atoms with Gasteiger partial charge in [0.1, 0.15) is 11.6 Å². The SMILES string of the molecule is C[C@H](CCC(=O)NCCS(=O)(=O)[O-])[C@H]1CC[C@H]2[C@@H]3[C@H](O)C[C@@H]4C[C@H](O)CC[C@]4(C)[C@H]3C[C@H](O)[C@]12C.N=c1nc(N2CCCCC2)cc(N)n1O.[Na+]. The molecule has 0 spiro atoms. The standard InChI is InChI=1S/C26H45NO7S.C9H15N5O.Na/c1-15(4-7-23(31)27-10-11-35(32,33)34)18-5-6-19-24-20(14-22(30)26(18,19)3)25(2)9-8-17(28)12-16(25)13-21(24)29;10-7-6-8(12-9(11)14(7)15)13-4-2-1-3-5-13;/h15-22,24,28-30H,4-14H2,1-3H3,(H,27,31)(H,32,33,34);6,11,15H,1-5,10H2;/q;;+1/p-1/t15-,16+,17-,18-,19+,20+,21-,22+,24+,25+,26-;;/m1../s1. The second-order valence-corrected chi connectivity index (χ2v) is 17.9. The number of anilines is 2. The van der Waals surface area contributed by atoms with E-state index in [0.717, 1.165) is 64.5 Å². The van der Waals surface area contributed by atoms with Crippen molar-refractivity contribution in [3.05, 3.63) is 11.7 Å². The zero-order chi connectivity index (χ0) is 36.6. The first-order chi connectivity index (χ1) is 23.5. The molecule has 0 radical (unpaired) electrons. The number of nitrogens with zero attached hydrogens (tertiary/aromatic N) is 3. The van der Waals surface area contributed by atoms with Gasteiger partial charge < -0.3 is 41.0 Å². The molecule has 1 amide bonds. The summed E-state index contributed by atoms with van der Waals surface area (Å²) in [5.41, 5.74) is 5.06. The monoisotopic (exact) mass is 746 g/mol. The van der Waals surface area contributed by atoms with Gasteiger partial charge in [0.25, 0.3) is 5.62 Å². The molecule has 1 saturated heterocycles. The number of piperidine rings is 1. The number of hydrogen-bond donors (Lipinski definition) is 7. The van der Waals surface area contributed by atoms with E-state index in [1.54, 1.807) is 6.07 Å². The molecule has 16 heteroatoms. The van der Waals surface area contributed by atoms with Gasteiger partial charge in [0.2, 0.25) is 5.91 Å². The number of aliphatic hydroxyl groups is 3. The summed E-state index contributed by atoms with van der Waals surface area (Å²) in [6.45, 7) is 8.37. The Balaban J connectivity index is 0.000000304. The first kappa shape index (κ1) is 42.3. The normalized spacial score (nSPS) is 36.6. The minimum atomic E-state index is -4.35. The number of aliphatic hydroxyl groups excluding tert-OH is 3. The number of amides is 1. The van der Waals surface area contributed by atoms with Crippen molar-refractivity contribution in [1.29, 1.82) is 5.41 Å². The summed E-state index contributed by atoms with van der Waals surface area (Å²) in [5, 5.41) is 52.4. The number of carbonyl (C=O) groups is 1. The molecular formula is C35H59N6NaO8S. The first-order valence-electron chi connectivity index (χ1n) is 18.6. The minimum absolute atomic E-state index is 0. The summed E-state index contributed by atoms with van der Waals surface area (Å²) in [6.07, 6.45) is 9.10. The van der Waals surface area contributed by atoms with Crippen LogP contribution in [0.4, 0.5) is 11.6 Å². The first-order valence-corrected chi connectivity index (χ1v) is 20.2. The fourth-order valence-electron chi connectivity index (χ4n) is 10.9. The third-order valence-corrected chi connectivity index (χ3v) is 14.3. The molecule has 0 unspecified atom stereocenters. The molecule has 1 aliphatic heterocycles. The maximum Gasteiger partial charge on any atom is 1.00 e. The van der Waals surface area contributed by atoms with Crippen molar-refractivity contribution in [1.82, 2.24) is 15.0 Å². The largest absolute Gasteiger partial charge is 1.00 e. The fourth-order valence-corrected chi connectivity index (χ4v) is 11.2. The summed E-state index contributed by atoms with van der Waals surface area (Å²) < 4.78 is 32.8. The molecule has 11 atom stereocenters. The topological polar surface area (TPSA) is 238 Å². The van der Waals surface area contributed by atoms with Crippen LogP contribution in [-0.2, 0) is 14.9 Å². The molecule has 284 valence electrons. The van der Waals surface area contributed by atoms with Gasteiger partial charge in [0.15, 0.2) is 0 Å². The molecule has 0 aromatic carbocycles. The van der Waals surface area contributed by atoms with Crippen molar-refractivity contribution < 1.29 is 67.8 Å². The van der Waals surface area contributed by atoms with Gasteiger partial charge in [0, 0.05) is 32.1 Å². The van der Waals surface area contributed by atoms with Crippen LogP contribution in [0, 0.1) is 51.7 Å². The van der Waals surface area contributed by atoms with E-state index in [1.165, 1.54) is 6.42 Å². The van der Waals surface area contributed by atoms with E-state index in [4.69, 9.17) is 11.1 Å². The zero-order valence-corrected chi connectivity index (χ0v) is 33.7. The molecule has 2 heterocycles. The smallest absolute Gasteiger partial charge is 0.748 e. The van der Waals surface area contributed by atoms with Gasteiger partial charge in [-0.15, -0.1) is 4.73 Å². The Morgan fingerprint density at radius 2 is 1.80 bits per heavy atom. The van der Waals surface area contributed by atoms with Gasteiger partial charge in [-0.1, -0.05) is 20.8 Å². The molecule has 1 aromatic heterocycles. The third kappa shape index (κ3) is 9.09. The van der Waals surface area contributed by atoms with Gasteiger partial charge in [-0.2, -0.15) is 4.98 Å². The van der Waals surface area contributed by atoms with Gasteiger partial charge in [0.05, 0.1) is 34.2 Å². The van der Waals surface area contributed by atoms with Crippen LogP contribution in [0.15, 0.2) is 6.07 Å².